The molecule has 3 aliphatic rings. The van der Waals surface area contributed by atoms with Crippen molar-refractivity contribution in [3.8, 4) is 0 Å². The zero-order valence-corrected chi connectivity index (χ0v) is 9.96. The van der Waals surface area contributed by atoms with Gasteiger partial charge >= 0.3 is 0 Å². The van der Waals surface area contributed by atoms with Crippen LogP contribution < -0.4 is 0 Å². The maximum atomic E-state index is 12.1. The molecule has 1 saturated heterocycles. The third-order valence-corrected chi connectivity index (χ3v) is 4.81. The van der Waals surface area contributed by atoms with E-state index in [2.05, 4.69) is 6.92 Å². The average molecular weight is 224 g/mol. The topological polar surface area (TPSA) is 35.5 Å². The molecule has 3 rings (SSSR count). The number of hydrogen-bond donors (Lipinski definition) is 0. The van der Waals surface area contributed by atoms with Crippen LogP contribution in [0.1, 0.15) is 45.4 Å². The highest BCUT2D eigenvalue weighted by molar-refractivity contribution is 5.82. The smallest absolute Gasteiger partial charge is 0.169 e. The van der Waals surface area contributed by atoms with Crippen molar-refractivity contribution in [1.82, 2.24) is 0 Å². The third-order valence-electron chi connectivity index (χ3n) is 4.81. The normalized spacial score (nSPS) is 42.3. The number of ether oxygens (including phenoxy) is 2. The molecule has 0 N–H and O–H groups in total. The Kier molecular flexibility index (Phi) is 2.37. The minimum absolute atomic E-state index is 0.174. The molecular weight excluding hydrogens is 204 g/mol. The fourth-order valence-corrected chi connectivity index (χ4v) is 3.71. The summed E-state index contributed by atoms with van der Waals surface area (Å²) in [5.74, 6) is 0.206. The number of fused-ring (bicyclic) bond motifs is 1. The van der Waals surface area contributed by atoms with Crippen LogP contribution in [0.2, 0.25) is 0 Å². The van der Waals surface area contributed by atoms with E-state index in [0.717, 1.165) is 32.1 Å². The minimum Gasteiger partial charge on any atom is -0.348 e. The monoisotopic (exact) mass is 224 g/mol. The van der Waals surface area contributed by atoms with Crippen molar-refractivity contribution in [2.75, 3.05) is 13.2 Å². The second-order valence-corrected chi connectivity index (χ2v) is 5.84. The predicted octanol–water partition coefficient (Wildman–Crippen LogP) is 2.29. The Morgan fingerprint density at radius 3 is 2.69 bits per heavy atom. The highest BCUT2D eigenvalue weighted by Crippen LogP contribution is 2.53. The highest BCUT2D eigenvalue weighted by atomic mass is 16.7. The van der Waals surface area contributed by atoms with Crippen LogP contribution in [0.4, 0.5) is 0 Å². The maximum absolute atomic E-state index is 12.1. The first-order valence-corrected chi connectivity index (χ1v) is 6.44. The Balaban J connectivity index is 1.83. The lowest BCUT2D eigenvalue weighted by molar-refractivity contribution is -0.209. The first kappa shape index (κ1) is 10.7. The Labute approximate surface area is 96.5 Å². The molecule has 0 radical (unpaired) electrons. The molecule has 0 aromatic rings. The fraction of sp³-hybridized carbons (Fsp3) is 0.923. The summed E-state index contributed by atoms with van der Waals surface area (Å²) in [7, 11) is 0. The molecule has 0 bridgehead atoms. The van der Waals surface area contributed by atoms with E-state index in [1.807, 2.05) is 0 Å². The molecule has 0 amide bonds. The van der Waals surface area contributed by atoms with Gasteiger partial charge in [-0.05, 0) is 24.7 Å². The van der Waals surface area contributed by atoms with Gasteiger partial charge in [0.2, 0.25) is 0 Å². The summed E-state index contributed by atoms with van der Waals surface area (Å²) in [5.41, 5.74) is 0.218. The van der Waals surface area contributed by atoms with E-state index in [4.69, 9.17) is 9.47 Å². The van der Waals surface area contributed by atoms with E-state index in [0.29, 0.717) is 19.0 Å². The number of rotatable bonds is 0. The zero-order valence-electron chi connectivity index (χ0n) is 9.96. The number of carbonyl (C=O) groups excluding carboxylic acids is 1. The first-order chi connectivity index (χ1) is 7.64. The molecule has 1 heterocycles. The van der Waals surface area contributed by atoms with Crippen molar-refractivity contribution in [2.24, 2.45) is 11.3 Å². The number of ketones is 1. The summed E-state index contributed by atoms with van der Waals surface area (Å²) in [6.07, 6.45) is 5.86. The molecule has 2 atom stereocenters. The molecule has 1 spiro atoms. The first-order valence-electron chi connectivity index (χ1n) is 6.44. The Morgan fingerprint density at radius 2 is 1.94 bits per heavy atom. The van der Waals surface area contributed by atoms with Crippen molar-refractivity contribution in [3.63, 3.8) is 0 Å². The molecular formula is C13H20O3. The number of carbonyl (C=O) groups is 1. The van der Waals surface area contributed by atoms with Crippen molar-refractivity contribution in [3.05, 3.63) is 0 Å². The summed E-state index contributed by atoms with van der Waals surface area (Å²) in [6, 6.07) is 0. The average Bonchev–Trinajstić information content (AvgIpc) is 2.70. The van der Waals surface area contributed by atoms with Crippen LogP contribution in [0, 0.1) is 11.3 Å². The SMILES string of the molecule is C[C@]12CCCC(=O)[C@H]1CC1(CC2)OCCO1. The second-order valence-electron chi connectivity index (χ2n) is 5.84. The fourth-order valence-electron chi connectivity index (χ4n) is 3.71. The van der Waals surface area contributed by atoms with Gasteiger partial charge in [0, 0.05) is 25.2 Å². The van der Waals surface area contributed by atoms with Crippen LogP contribution in [-0.2, 0) is 14.3 Å². The molecule has 3 fully saturated rings. The lowest BCUT2D eigenvalue weighted by Crippen LogP contribution is -2.49. The summed E-state index contributed by atoms with van der Waals surface area (Å²) in [5, 5.41) is 0. The van der Waals surface area contributed by atoms with Crippen LogP contribution in [0.5, 0.6) is 0 Å². The van der Waals surface area contributed by atoms with Crippen LogP contribution in [0.15, 0.2) is 0 Å². The lowest BCUT2D eigenvalue weighted by Gasteiger charge is -2.49. The van der Waals surface area contributed by atoms with E-state index in [1.165, 1.54) is 6.42 Å². The van der Waals surface area contributed by atoms with Gasteiger partial charge in [0.05, 0.1) is 13.2 Å². The quantitative estimate of drug-likeness (QED) is 0.633. The maximum Gasteiger partial charge on any atom is 0.169 e. The predicted molar refractivity (Wildman–Crippen MR) is 58.9 cm³/mol. The summed E-state index contributed by atoms with van der Waals surface area (Å²) in [6.45, 7) is 3.66. The van der Waals surface area contributed by atoms with Crippen molar-refractivity contribution < 1.29 is 14.3 Å². The molecule has 3 heteroatoms. The zero-order chi connectivity index (χ0) is 11.2. The van der Waals surface area contributed by atoms with E-state index in [9.17, 15) is 4.79 Å². The lowest BCUT2D eigenvalue weighted by atomic mass is 9.59. The molecule has 2 aliphatic carbocycles. The van der Waals surface area contributed by atoms with Gasteiger partial charge in [-0.25, -0.2) is 0 Å². The second kappa shape index (κ2) is 3.54. The molecule has 0 aromatic carbocycles. The van der Waals surface area contributed by atoms with Crippen LogP contribution in [0.25, 0.3) is 0 Å². The van der Waals surface area contributed by atoms with Crippen molar-refractivity contribution in [1.29, 1.82) is 0 Å². The van der Waals surface area contributed by atoms with Gasteiger partial charge in [-0.15, -0.1) is 0 Å². The van der Waals surface area contributed by atoms with Gasteiger partial charge in [-0.2, -0.15) is 0 Å². The standard InChI is InChI=1S/C13H20O3/c1-12-4-2-3-11(14)10(12)9-13(6-5-12)15-7-8-16-13/h10H,2-9H2,1H3/t10-,12-/m1/s1. The summed E-state index contributed by atoms with van der Waals surface area (Å²) < 4.78 is 11.5. The van der Waals surface area contributed by atoms with E-state index >= 15 is 0 Å². The van der Waals surface area contributed by atoms with Gasteiger partial charge in [-0.1, -0.05) is 6.92 Å². The van der Waals surface area contributed by atoms with Gasteiger partial charge in [0.25, 0.3) is 0 Å². The molecule has 90 valence electrons. The van der Waals surface area contributed by atoms with Gasteiger partial charge in [-0.3, -0.25) is 4.79 Å². The van der Waals surface area contributed by atoms with Crippen molar-refractivity contribution in [2.45, 2.75) is 51.2 Å². The van der Waals surface area contributed by atoms with Gasteiger partial charge < -0.3 is 9.47 Å². The molecule has 16 heavy (non-hydrogen) atoms. The molecule has 3 nitrogen and oxygen atoms in total. The Morgan fingerprint density at radius 1 is 1.19 bits per heavy atom. The molecule has 0 aromatic heterocycles. The molecule has 1 aliphatic heterocycles. The van der Waals surface area contributed by atoms with Crippen LogP contribution in [0.3, 0.4) is 0 Å². The van der Waals surface area contributed by atoms with Crippen molar-refractivity contribution >= 4 is 5.78 Å². The van der Waals surface area contributed by atoms with Crippen LogP contribution in [-0.4, -0.2) is 24.8 Å². The minimum atomic E-state index is -0.406. The molecule has 0 unspecified atom stereocenters. The number of Topliss-reactive ketones (excluding diaryl/α,β-unsaturated/α-hetero) is 1. The number of hydrogen-bond acceptors (Lipinski definition) is 3. The Hall–Kier alpha value is -0.410. The summed E-state index contributed by atoms with van der Waals surface area (Å²) in [4.78, 5) is 12.1. The van der Waals surface area contributed by atoms with E-state index < -0.39 is 5.79 Å². The third kappa shape index (κ3) is 1.52. The van der Waals surface area contributed by atoms with E-state index in [1.54, 1.807) is 0 Å². The largest absolute Gasteiger partial charge is 0.348 e. The molecule has 2 saturated carbocycles. The van der Waals surface area contributed by atoms with Crippen LogP contribution >= 0.6 is 0 Å². The summed E-state index contributed by atoms with van der Waals surface area (Å²) >= 11 is 0. The highest BCUT2D eigenvalue weighted by Gasteiger charge is 2.53. The van der Waals surface area contributed by atoms with E-state index in [-0.39, 0.29) is 11.3 Å². The van der Waals surface area contributed by atoms with Gasteiger partial charge in [0.1, 0.15) is 5.78 Å². The Bertz CT molecular complexity index is 306. The van der Waals surface area contributed by atoms with Gasteiger partial charge in [0.15, 0.2) is 5.79 Å².